The molecule has 1 saturated heterocycles. The predicted molar refractivity (Wildman–Crippen MR) is 90.8 cm³/mol. The topological polar surface area (TPSA) is 91.4 Å². The number of nitrogens with one attached hydrogen (secondary N) is 2. The first-order valence-corrected chi connectivity index (χ1v) is 8.31. The van der Waals surface area contributed by atoms with E-state index in [0.717, 1.165) is 6.42 Å². The molecule has 128 valence electrons. The number of aromatic amines is 1. The van der Waals surface area contributed by atoms with Crippen LogP contribution in [0.2, 0.25) is 10.0 Å². The maximum absolute atomic E-state index is 12.5. The number of carboxylic acids is 1. The van der Waals surface area contributed by atoms with Gasteiger partial charge in [-0.3, -0.25) is 4.79 Å². The number of carboxylic acid groups (broad SMARTS) is 1. The molecule has 0 bridgehead atoms. The highest BCUT2D eigenvalue weighted by Gasteiger charge is 2.32. The van der Waals surface area contributed by atoms with Gasteiger partial charge in [0.2, 0.25) is 0 Å². The molecule has 0 saturated carbocycles. The number of aliphatic carboxylic acids is 1. The van der Waals surface area contributed by atoms with Gasteiger partial charge in [0.05, 0.1) is 11.6 Å². The van der Waals surface area contributed by atoms with E-state index in [0.29, 0.717) is 35.6 Å². The first-order chi connectivity index (χ1) is 11.5. The van der Waals surface area contributed by atoms with Crippen molar-refractivity contribution in [2.75, 3.05) is 13.2 Å². The van der Waals surface area contributed by atoms with Crippen molar-refractivity contribution >= 4 is 46.0 Å². The van der Waals surface area contributed by atoms with E-state index in [1.54, 1.807) is 18.2 Å². The van der Waals surface area contributed by atoms with Gasteiger partial charge in [0, 0.05) is 28.5 Å². The molecule has 2 heterocycles. The van der Waals surface area contributed by atoms with Crippen molar-refractivity contribution in [2.45, 2.75) is 18.9 Å². The van der Waals surface area contributed by atoms with Crippen molar-refractivity contribution in [1.82, 2.24) is 10.3 Å². The Kier molecular flexibility index (Phi) is 4.99. The Balaban J connectivity index is 1.85. The number of aromatic nitrogens is 1. The van der Waals surface area contributed by atoms with Crippen molar-refractivity contribution in [1.29, 1.82) is 0 Å². The summed E-state index contributed by atoms with van der Waals surface area (Å²) in [6.07, 6.45) is 1.46. The minimum Gasteiger partial charge on any atom is -0.480 e. The Hall–Kier alpha value is -1.76. The van der Waals surface area contributed by atoms with Crippen LogP contribution in [0.15, 0.2) is 18.2 Å². The van der Waals surface area contributed by atoms with Crippen LogP contribution in [0.25, 0.3) is 10.9 Å². The Bertz CT molecular complexity index is 784. The fraction of sp³-hybridized carbons (Fsp3) is 0.375. The fourth-order valence-corrected chi connectivity index (χ4v) is 3.37. The molecular weight excluding hydrogens is 355 g/mol. The first-order valence-electron chi connectivity index (χ1n) is 7.55. The van der Waals surface area contributed by atoms with E-state index >= 15 is 0 Å². The van der Waals surface area contributed by atoms with Crippen LogP contribution in [0.5, 0.6) is 0 Å². The largest absolute Gasteiger partial charge is 0.480 e. The monoisotopic (exact) mass is 370 g/mol. The van der Waals surface area contributed by atoms with E-state index in [1.807, 2.05) is 0 Å². The lowest BCUT2D eigenvalue weighted by molar-refractivity contribution is -0.142. The molecule has 8 heteroatoms. The number of carbonyl (C=O) groups excluding carboxylic acids is 1. The average Bonchev–Trinajstić information content (AvgIpc) is 2.89. The molecule has 0 spiro atoms. The van der Waals surface area contributed by atoms with Crippen LogP contribution in [0.3, 0.4) is 0 Å². The lowest BCUT2D eigenvalue weighted by Gasteiger charge is -2.27. The quantitative estimate of drug-likeness (QED) is 0.770. The van der Waals surface area contributed by atoms with Crippen LogP contribution in [-0.4, -0.2) is 41.2 Å². The van der Waals surface area contributed by atoms with Crippen molar-refractivity contribution < 1.29 is 19.4 Å². The normalized spacial score (nSPS) is 19.2. The van der Waals surface area contributed by atoms with Crippen molar-refractivity contribution in [2.24, 2.45) is 5.92 Å². The zero-order valence-corrected chi connectivity index (χ0v) is 14.2. The molecule has 1 aliphatic rings. The maximum Gasteiger partial charge on any atom is 0.326 e. The number of halogens is 2. The summed E-state index contributed by atoms with van der Waals surface area (Å²) in [6.45, 7) is 0.929. The van der Waals surface area contributed by atoms with Gasteiger partial charge in [0.1, 0.15) is 11.7 Å². The number of hydrogen-bond acceptors (Lipinski definition) is 3. The van der Waals surface area contributed by atoms with Crippen LogP contribution in [-0.2, 0) is 9.53 Å². The summed E-state index contributed by atoms with van der Waals surface area (Å²) in [6, 6.07) is 4.02. The smallest absolute Gasteiger partial charge is 0.326 e. The second-order valence-corrected chi connectivity index (χ2v) is 6.58. The number of ether oxygens (including phenoxy) is 1. The van der Waals surface area contributed by atoms with E-state index in [-0.39, 0.29) is 16.6 Å². The summed E-state index contributed by atoms with van der Waals surface area (Å²) < 4.78 is 5.32. The molecule has 0 aliphatic carbocycles. The molecule has 1 aromatic heterocycles. The van der Waals surface area contributed by atoms with Gasteiger partial charge in [-0.2, -0.15) is 0 Å². The number of H-pyrrole nitrogens is 1. The van der Waals surface area contributed by atoms with Crippen LogP contribution >= 0.6 is 23.2 Å². The molecule has 1 amide bonds. The molecule has 1 aliphatic heterocycles. The summed E-state index contributed by atoms with van der Waals surface area (Å²) in [5.74, 6) is -1.92. The van der Waals surface area contributed by atoms with Gasteiger partial charge in [-0.15, -0.1) is 0 Å². The minimum atomic E-state index is -1.09. The minimum absolute atomic E-state index is 0.122. The van der Waals surface area contributed by atoms with E-state index in [9.17, 15) is 14.7 Å². The summed E-state index contributed by atoms with van der Waals surface area (Å²) in [4.78, 5) is 27.0. The third-order valence-electron chi connectivity index (χ3n) is 4.14. The van der Waals surface area contributed by atoms with E-state index in [4.69, 9.17) is 27.9 Å². The molecule has 3 rings (SSSR count). The Morgan fingerprint density at radius 3 is 2.83 bits per heavy atom. The van der Waals surface area contributed by atoms with Crippen molar-refractivity contribution in [3.8, 4) is 0 Å². The molecular formula is C16H16Cl2N2O4. The van der Waals surface area contributed by atoms with Crippen LogP contribution in [0.1, 0.15) is 23.3 Å². The zero-order valence-electron chi connectivity index (χ0n) is 12.6. The summed E-state index contributed by atoms with van der Waals surface area (Å²) in [5.41, 5.74) is 0.777. The van der Waals surface area contributed by atoms with Gasteiger partial charge in [0.25, 0.3) is 5.91 Å². The average molecular weight is 371 g/mol. The van der Waals surface area contributed by atoms with Gasteiger partial charge in [0.15, 0.2) is 0 Å². The van der Waals surface area contributed by atoms with E-state index in [1.165, 1.54) is 0 Å². The van der Waals surface area contributed by atoms with Crippen LogP contribution in [0, 0.1) is 5.92 Å². The van der Waals surface area contributed by atoms with Crippen molar-refractivity contribution in [3.05, 3.63) is 33.9 Å². The molecule has 1 fully saturated rings. The number of amides is 1. The first kappa shape index (κ1) is 17.1. The lowest BCUT2D eigenvalue weighted by Crippen LogP contribution is -2.48. The SMILES string of the molecule is O=C(NC(C(=O)O)C1CCCOC1)c1[nH]c2ccc(Cl)cc2c1Cl. The number of benzene rings is 1. The third-order valence-corrected chi connectivity index (χ3v) is 4.77. The summed E-state index contributed by atoms with van der Waals surface area (Å²) in [7, 11) is 0. The fourth-order valence-electron chi connectivity index (χ4n) is 2.91. The molecule has 1 aromatic carbocycles. The standard InChI is InChI=1S/C16H16Cl2N2O4/c17-9-3-4-11-10(6-9)12(18)14(19-11)15(21)20-13(16(22)23)8-2-1-5-24-7-8/h3-4,6,8,13,19H,1-2,5,7H2,(H,20,21)(H,22,23). The molecule has 0 radical (unpaired) electrons. The highest BCUT2D eigenvalue weighted by Crippen LogP contribution is 2.30. The Labute approximate surface area is 148 Å². The van der Waals surface area contributed by atoms with Gasteiger partial charge in [-0.1, -0.05) is 23.2 Å². The zero-order chi connectivity index (χ0) is 17.3. The van der Waals surface area contributed by atoms with E-state index in [2.05, 4.69) is 10.3 Å². The van der Waals surface area contributed by atoms with Gasteiger partial charge in [-0.05, 0) is 31.0 Å². The summed E-state index contributed by atoms with van der Waals surface area (Å²) >= 11 is 12.2. The third kappa shape index (κ3) is 3.36. The van der Waals surface area contributed by atoms with Gasteiger partial charge >= 0.3 is 5.97 Å². The number of fused-ring (bicyclic) bond motifs is 1. The Morgan fingerprint density at radius 2 is 2.17 bits per heavy atom. The van der Waals surface area contributed by atoms with Gasteiger partial charge < -0.3 is 20.1 Å². The molecule has 3 N–H and O–H groups in total. The maximum atomic E-state index is 12.5. The molecule has 2 aromatic rings. The molecule has 2 atom stereocenters. The van der Waals surface area contributed by atoms with E-state index < -0.39 is 17.9 Å². The molecule has 6 nitrogen and oxygen atoms in total. The molecule has 24 heavy (non-hydrogen) atoms. The van der Waals surface area contributed by atoms with Crippen LogP contribution in [0.4, 0.5) is 0 Å². The van der Waals surface area contributed by atoms with Crippen LogP contribution < -0.4 is 5.32 Å². The van der Waals surface area contributed by atoms with Gasteiger partial charge in [-0.25, -0.2) is 4.79 Å². The van der Waals surface area contributed by atoms with Crippen molar-refractivity contribution in [3.63, 3.8) is 0 Å². The predicted octanol–water partition coefficient (Wildman–Crippen LogP) is 3.08. The lowest BCUT2D eigenvalue weighted by atomic mass is 9.93. The number of carbonyl (C=O) groups is 2. The highest BCUT2D eigenvalue weighted by atomic mass is 35.5. The number of hydrogen-bond donors (Lipinski definition) is 3. The second-order valence-electron chi connectivity index (χ2n) is 5.77. The molecule has 2 unspecified atom stereocenters. The Morgan fingerprint density at radius 1 is 1.38 bits per heavy atom. The summed E-state index contributed by atoms with van der Waals surface area (Å²) in [5, 5.41) is 13.3. The number of rotatable bonds is 4. The second kappa shape index (κ2) is 7.01. The highest BCUT2D eigenvalue weighted by molar-refractivity contribution is 6.39.